The summed E-state index contributed by atoms with van der Waals surface area (Å²) in [7, 11) is 0. The highest BCUT2D eigenvalue weighted by molar-refractivity contribution is 5.93. The second-order valence-electron chi connectivity index (χ2n) is 29.4. The first-order valence-corrected chi connectivity index (χ1v) is 51.9. The van der Waals surface area contributed by atoms with Gasteiger partial charge in [-0.3, -0.25) is 9.59 Å². The average Bonchev–Trinajstić information content (AvgIpc) is 0.804. The third-order valence-electron chi connectivity index (χ3n) is 15.8. The molecule has 0 radical (unpaired) electrons. The van der Waals surface area contributed by atoms with Gasteiger partial charge >= 0.3 is 0 Å². The quantitative estimate of drug-likeness (QED) is 0.147. The molecule has 0 unspecified atom stereocenters. The number of ketones is 8. The molecule has 141 heavy (non-hydrogen) atoms. The van der Waals surface area contributed by atoms with Crippen molar-refractivity contribution in [3.05, 3.63) is 408 Å². The summed E-state index contributed by atoms with van der Waals surface area (Å²) in [5, 5.41) is 10.2. The molecule has 0 atom stereocenters. The predicted octanol–water partition coefficient (Wildman–Crippen LogP) is 39.5. The number of hydrogen-bond donors (Lipinski definition) is 0. The number of fused-ring (bicyclic) bond motifs is 6. The second kappa shape index (κ2) is 120. The predicted molar refractivity (Wildman–Crippen MR) is 634 cm³/mol. The lowest BCUT2D eigenvalue weighted by molar-refractivity contribution is -0.117. The van der Waals surface area contributed by atoms with Crippen LogP contribution in [0, 0.1) is 0 Å². The zero-order valence-electron chi connectivity index (χ0n) is 95.7. The fourth-order valence-electron chi connectivity index (χ4n) is 10.3. The summed E-state index contributed by atoms with van der Waals surface area (Å²) >= 11 is 0. The summed E-state index contributed by atoms with van der Waals surface area (Å²) in [6.45, 7) is 71.4. The van der Waals surface area contributed by atoms with Gasteiger partial charge in [-0.2, -0.15) is 0 Å². The van der Waals surface area contributed by atoms with Gasteiger partial charge in [0, 0.05) is 25.7 Å². The highest BCUT2D eigenvalue weighted by Crippen LogP contribution is 2.28. The van der Waals surface area contributed by atoms with Crippen molar-refractivity contribution in [2.75, 3.05) is 0 Å². The van der Waals surface area contributed by atoms with Gasteiger partial charge < -0.3 is 28.8 Å². The van der Waals surface area contributed by atoms with Crippen LogP contribution in [0.15, 0.2) is 364 Å². The summed E-state index contributed by atoms with van der Waals surface area (Å²) in [6, 6.07) is 124. The minimum Gasteiger partial charge on any atom is -0.300 e. The Balaban J connectivity index is -0.000000143. The lowest BCUT2D eigenvalue weighted by atomic mass is 9.86. The Morgan fingerprint density at radius 2 is 0.348 bits per heavy atom. The molecular weight excluding hydrogens is 1730 g/mol. The number of aryl methyl sites for hydroxylation is 2. The van der Waals surface area contributed by atoms with Gasteiger partial charge in [0.1, 0.15) is 46.3 Å². The third-order valence-corrected chi connectivity index (χ3v) is 15.8. The Bertz CT molecular complexity index is 4460. The molecule has 0 saturated heterocycles. The summed E-state index contributed by atoms with van der Waals surface area (Å²) in [5.41, 5.74) is 10.9. The maximum absolute atomic E-state index is 11.3. The van der Waals surface area contributed by atoms with Gasteiger partial charge in [-0.15, -0.1) is 0 Å². The number of benzene rings is 14. The molecule has 15 rings (SSSR count). The van der Waals surface area contributed by atoms with E-state index in [9.17, 15) is 38.4 Å². The minimum atomic E-state index is 0.167. The monoisotopic (exact) mass is 1920 g/mol. The number of Topliss-reactive ketones (excluding diaryl/α,β-unsaturated/α-hetero) is 8. The largest absolute Gasteiger partial charge is 0.300 e. The normalized spacial score (nSPS) is 8.50. The van der Waals surface area contributed by atoms with Crippen LogP contribution < -0.4 is 0 Å². The maximum atomic E-state index is 11.3. The van der Waals surface area contributed by atoms with Crippen molar-refractivity contribution in [2.24, 2.45) is 0 Å². The molecule has 0 saturated carbocycles. The van der Waals surface area contributed by atoms with E-state index in [0.717, 1.165) is 36.8 Å². The molecule has 8 heteroatoms. The van der Waals surface area contributed by atoms with E-state index >= 15 is 0 Å². The van der Waals surface area contributed by atoms with E-state index in [1.54, 1.807) is 27.7 Å². The first-order chi connectivity index (χ1) is 68.0. The molecule has 776 valence electrons. The van der Waals surface area contributed by atoms with Crippen molar-refractivity contribution in [3.8, 4) is 0 Å². The molecule has 14 aromatic rings. The lowest BCUT2D eigenvalue weighted by Crippen LogP contribution is -2.06. The molecule has 1 aliphatic carbocycles. The first kappa shape index (κ1) is 151. The van der Waals surface area contributed by atoms with E-state index in [1.165, 1.54) is 151 Å². The van der Waals surface area contributed by atoms with Crippen LogP contribution in [0.2, 0.25) is 0 Å². The van der Waals surface area contributed by atoms with Crippen LogP contribution in [-0.4, -0.2) is 46.3 Å². The average molecular weight is 1920 g/mol. The fraction of sp³-hybridized carbons (Fsp3) is 0.368. The molecule has 0 amide bonds. The Labute approximate surface area is 864 Å². The van der Waals surface area contributed by atoms with Crippen LogP contribution in [0.25, 0.3) is 43.1 Å². The summed E-state index contributed by atoms with van der Waals surface area (Å²) in [6.07, 6.45) is 10.4. The Kier molecular flexibility index (Phi) is 129. The van der Waals surface area contributed by atoms with E-state index in [0.29, 0.717) is 25.7 Å². The second-order valence-corrected chi connectivity index (χ2v) is 29.4. The van der Waals surface area contributed by atoms with Gasteiger partial charge in [0.15, 0.2) is 0 Å². The highest BCUT2D eigenvalue weighted by atomic mass is 16.1. The van der Waals surface area contributed by atoms with E-state index in [4.69, 9.17) is 0 Å². The maximum Gasteiger partial charge on any atom is 0.134 e. The van der Waals surface area contributed by atoms with Crippen molar-refractivity contribution >= 4 is 89.4 Å². The standard InChI is InChI=1S/2C15H16O.C14H12.2C10H8.4C6H6.2C4H8O.4C3H6O.3C3H8.8C2H6/c1-3-12-9-13-6-4-5-7-15(13)14(10-12)8-11(2)16;1-3-12-8-9-13(10-11(2)16)15-7-5-4-6-14(12)15;1-2-6-12-10-14-8-4-3-7-13(14)9-11(12)5-1;2*1-2-6-10-8-4-3-7-9(10)5-1;4*1-2-4-6-5-3-1;2*1-3-4(2)5;4*1-3(2)4;3*1-3-2;8*1-2/h4-7,9-10H,3,8H2,1-2H3;4-9H,3,10H2,1-2H3;1-8H,9-10H2;2*1-8H;4*1-6H;2*3H2,1-2H3;4*1-2H3;3*3H2,1-2H3;8*1-2H3. The topological polar surface area (TPSA) is 137 Å². The smallest absolute Gasteiger partial charge is 0.134 e. The molecule has 14 aromatic carbocycles. The highest BCUT2D eigenvalue weighted by Gasteiger charge is 2.13. The van der Waals surface area contributed by atoms with Crippen LogP contribution in [0.3, 0.4) is 0 Å². The summed E-state index contributed by atoms with van der Waals surface area (Å²) < 4.78 is 0. The molecule has 8 nitrogen and oxygen atoms in total. The van der Waals surface area contributed by atoms with Gasteiger partial charge in [-0.25, -0.2) is 0 Å². The molecule has 0 fully saturated rings. The Hall–Kier alpha value is -12.5. The number of carbonyl (C=O) groups is 8. The van der Waals surface area contributed by atoms with Crippen molar-refractivity contribution < 1.29 is 38.4 Å². The van der Waals surface area contributed by atoms with Gasteiger partial charge in [0.2, 0.25) is 0 Å². The number of carbonyl (C=O) groups excluding carboxylic acids is 8. The number of rotatable bonds is 8. The Morgan fingerprint density at radius 1 is 0.184 bits per heavy atom. The first-order valence-electron chi connectivity index (χ1n) is 51.9. The molecule has 0 heterocycles. The van der Waals surface area contributed by atoms with Crippen LogP contribution in [0.1, 0.15) is 340 Å². The van der Waals surface area contributed by atoms with E-state index < -0.39 is 0 Å². The van der Waals surface area contributed by atoms with Crippen molar-refractivity contribution in [3.63, 3.8) is 0 Å². The van der Waals surface area contributed by atoms with Crippen molar-refractivity contribution in [1.82, 2.24) is 0 Å². The lowest BCUT2D eigenvalue weighted by Gasteiger charge is -2.18. The van der Waals surface area contributed by atoms with Gasteiger partial charge in [0.25, 0.3) is 0 Å². The van der Waals surface area contributed by atoms with E-state index in [2.05, 4.69) is 256 Å². The molecule has 0 N–H and O–H groups in total. The molecule has 1 aliphatic rings. The molecule has 0 aromatic heterocycles. The zero-order chi connectivity index (χ0) is 110. The summed E-state index contributed by atoms with van der Waals surface area (Å²) in [4.78, 5) is 79.9. The minimum absolute atomic E-state index is 0.167. The molecule has 0 spiro atoms. The van der Waals surface area contributed by atoms with Crippen LogP contribution in [-0.2, 0) is 76.9 Å². The van der Waals surface area contributed by atoms with Crippen LogP contribution in [0.4, 0.5) is 0 Å². The van der Waals surface area contributed by atoms with Gasteiger partial charge in [-0.1, -0.05) is 563 Å². The van der Waals surface area contributed by atoms with E-state index in [1.807, 2.05) is 288 Å². The fourth-order valence-corrected chi connectivity index (χ4v) is 10.3. The molecule has 0 bridgehead atoms. The number of hydrogen-bond acceptors (Lipinski definition) is 8. The third kappa shape index (κ3) is 102. The zero-order valence-corrected chi connectivity index (χ0v) is 95.7. The van der Waals surface area contributed by atoms with Crippen LogP contribution >= 0.6 is 0 Å². The van der Waals surface area contributed by atoms with Crippen molar-refractivity contribution in [2.45, 2.75) is 334 Å². The van der Waals surface area contributed by atoms with E-state index in [-0.39, 0.29) is 46.3 Å². The Morgan fingerprint density at radius 3 is 0.532 bits per heavy atom. The molecule has 0 aliphatic heterocycles. The van der Waals surface area contributed by atoms with Crippen LogP contribution in [0.5, 0.6) is 0 Å². The summed E-state index contributed by atoms with van der Waals surface area (Å²) in [5.74, 6) is 1.61. The van der Waals surface area contributed by atoms with Crippen molar-refractivity contribution in [1.29, 1.82) is 0 Å². The molecular formula is C133H196O8. The van der Waals surface area contributed by atoms with Gasteiger partial charge in [-0.05, 0) is 196 Å². The van der Waals surface area contributed by atoms with Gasteiger partial charge in [0.05, 0.1) is 0 Å². The SMILES string of the molecule is CC.CC.CC.CC.CC.CC.CC.CC.CC(C)=O.CC(C)=O.CC(C)=O.CC(C)=O.CCC.CCC.CCC.CCC(C)=O.CCC(C)=O.CCc1cc(CC(C)=O)c2ccccc2c1.CCc1ccc(CC(C)=O)c2ccccc12.c1ccc2c(c1)Cc1ccccc1C2.c1ccc2ccccc2c1.c1ccc2ccccc2c1.c1ccccc1.c1ccccc1.c1ccccc1.c1ccccc1.